The van der Waals surface area contributed by atoms with Crippen LogP contribution < -0.4 is 4.31 Å². The highest BCUT2D eigenvalue weighted by Gasteiger charge is 2.37. The van der Waals surface area contributed by atoms with Gasteiger partial charge in [0.2, 0.25) is 15.9 Å². The van der Waals surface area contributed by atoms with E-state index in [4.69, 9.17) is 16.0 Å². The van der Waals surface area contributed by atoms with Crippen LogP contribution in [0.2, 0.25) is 5.02 Å². The van der Waals surface area contributed by atoms with Crippen LogP contribution in [0.4, 0.5) is 18.9 Å². The number of alkyl halides is 3. The third kappa shape index (κ3) is 6.38. The van der Waals surface area contributed by atoms with Gasteiger partial charge in [0.05, 0.1) is 28.7 Å². The Morgan fingerprint density at radius 1 is 1.05 bits per heavy atom. The van der Waals surface area contributed by atoms with Gasteiger partial charge in [-0.05, 0) is 81.9 Å². The number of likely N-dealkylation sites (tertiary alicyclic amines) is 1. The normalized spacial score (nSPS) is 21.4. The van der Waals surface area contributed by atoms with Gasteiger partial charge in [0.25, 0.3) is 5.89 Å². The summed E-state index contributed by atoms with van der Waals surface area (Å²) in [7, 11) is -3.80. The van der Waals surface area contributed by atoms with E-state index in [0.29, 0.717) is 66.8 Å². The van der Waals surface area contributed by atoms with Crippen LogP contribution in [0.5, 0.6) is 0 Å². The van der Waals surface area contributed by atoms with Crippen LogP contribution in [0.3, 0.4) is 0 Å². The molecule has 3 aromatic rings. The van der Waals surface area contributed by atoms with Gasteiger partial charge < -0.3 is 9.32 Å². The first kappa shape index (κ1) is 27.9. The molecule has 0 bridgehead atoms. The number of piperidine rings is 1. The molecule has 1 saturated carbocycles. The fraction of sp³-hybridized carbons (Fsp3) is 0.500. The number of hydrogen-bond acceptors (Lipinski definition) is 7. The molecule has 0 radical (unpaired) electrons. The summed E-state index contributed by atoms with van der Waals surface area (Å²) in [5.41, 5.74) is 1.20. The maximum atomic E-state index is 14.0. The first-order valence-electron chi connectivity index (χ1n) is 12.9. The van der Waals surface area contributed by atoms with E-state index < -0.39 is 33.8 Å². The van der Waals surface area contributed by atoms with Crippen molar-refractivity contribution in [3.05, 3.63) is 59.2 Å². The predicted molar refractivity (Wildman–Crippen MR) is 141 cm³/mol. The molecule has 8 nitrogen and oxygen atoms in total. The zero-order valence-corrected chi connectivity index (χ0v) is 22.7. The molecule has 0 spiro atoms. The molecule has 2 aliphatic rings. The highest BCUT2D eigenvalue weighted by atomic mass is 35.5. The molecule has 1 aliphatic heterocycles. The summed E-state index contributed by atoms with van der Waals surface area (Å²) in [6.07, 6.45) is 1.47. The second-order valence-electron chi connectivity index (χ2n) is 9.96. The van der Waals surface area contributed by atoms with E-state index in [1.54, 1.807) is 36.4 Å². The van der Waals surface area contributed by atoms with E-state index in [1.807, 2.05) is 0 Å². The predicted octanol–water partition coefficient (Wildman–Crippen LogP) is 5.80. The minimum absolute atomic E-state index is 0.0458. The Morgan fingerprint density at radius 3 is 2.41 bits per heavy atom. The lowest BCUT2D eigenvalue weighted by atomic mass is 9.91. The third-order valence-corrected chi connectivity index (χ3v) is 9.95. The van der Waals surface area contributed by atoms with Crippen LogP contribution in [0.25, 0.3) is 11.5 Å². The number of nitrogens with zero attached hydrogens (tertiary/aromatic N) is 5. The minimum atomic E-state index is -3.80. The third-order valence-electron chi connectivity index (χ3n) is 7.45. The van der Waals surface area contributed by atoms with Gasteiger partial charge in [-0.3, -0.25) is 9.29 Å². The first-order chi connectivity index (χ1) is 18.7. The lowest BCUT2D eigenvalue weighted by Gasteiger charge is -2.40. The number of hydrogen-bond donors (Lipinski definition) is 0. The second-order valence-corrected chi connectivity index (χ2v) is 12.5. The minimum Gasteiger partial charge on any atom is -0.415 e. The van der Waals surface area contributed by atoms with E-state index in [9.17, 15) is 21.6 Å². The molecule has 2 fully saturated rings. The molecule has 5 rings (SSSR count). The molecule has 39 heavy (non-hydrogen) atoms. The molecule has 0 unspecified atom stereocenters. The highest BCUT2D eigenvalue weighted by molar-refractivity contribution is 7.93. The largest absolute Gasteiger partial charge is 0.415 e. The fourth-order valence-corrected chi connectivity index (χ4v) is 7.38. The number of rotatable bonds is 8. The van der Waals surface area contributed by atoms with E-state index in [-0.39, 0.29) is 12.4 Å². The molecule has 0 atom stereocenters. The molecular weight excluding hydrogens is 555 g/mol. The fourth-order valence-electron chi connectivity index (χ4n) is 5.31. The smallest absolute Gasteiger partial charge is 0.314 e. The number of benzene rings is 1. The summed E-state index contributed by atoms with van der Waals surface area (Å²) in [5.74, 6) is -0.885. The van der Waals surface area contributed by atoms with E-state index in [0.717, 1.165) is 12.8 Å². The number of sulfonamides is 1. The lowest BCUT2D eigenvalue weighted by Crippen LogP contribution is -2.49. The van der Waals surface area contributed by atoms with Crippen LogP contribution in [-0.4, -0.2) is 59.1 Å². The zero-order valence-electron chi connectivity index (χ0n) is 21.1. The van der Waals surface area contributed by atoms with Crippen LogP contribution in [0, 0.1) is 0 Å². The quantitative estimate of drug-likeness (QED) is 0.331. The standard InChI is InChI=1S/C26H29ClF3N5O3S/c27-18-2-1-3-22(14-18)35(16-20-7-4-17(15-31-20)25-32-33-26(38-25)24(29)30)39(36,37)23-10-12-34(13-11-23)21-8-5-19(28)6-9-21/h1-4,7,14-15,19,21,23-24H,5-6,8-13,16H2/t19-,21+. The Morgan fingerprint density at radius 2 is 1.79 bits per heavy atom. The lowest BCUT2D eigenvalue weighted by molar-refractivity contribution is 0.103. The Balaban J connectivity index is 1.33. The van der Waals surface area contributed by atoms with Crippen molar-refractivity contribution in [2.75, 3.05) is 17.4 Å². The molecule has 2 aromatic heterocycles. The summed E-state index contributed by atoms with van der Waals surface area (Å²) in [5, 5.41) is 6.75. The van der Waals surface area contributed by atoms with Crippen LogP contribution in [0.15, 0.2) is 47.0 Å². The van der Waals surface area contributed by atoms with Crippen molar-refractivity contribution in [2.24, 2.45) is 0 Å². The molecule has 0 N–H and O–H groups in total. The van der Waals surface area contributed by atoms with Crippen molar-refractivity contribution in [1.29, 1.82) is 0 Å². The zero-order chi connectivity index (χ0) is 27.6. The number of pyridine rings is 1. The van der Waals surface area contributed by atoms with E-state index in [2.05, 4.69) is 20.1 Å². The summed E-state index contributed by atoms with van der Waals surface area (Å²) >= 11 is 6.21. The number of halogens is 4. The molecule has 1 aliphatic carbocycles. The first-order valence-corrected chi connectivity index (χ1v) is 14.8. The summed E-state index contributed by atoms with van der Waals surface area (Å²) in [4.78, 5) is 6.65. The summed E-state index contributed by atoms with van der Waals surface area (Å²) < 4.78 is 73.4. The average molecular weight is 584 g/mol. The van der Waals surface area contributed by atoms with E-state index >= 15 is 0 Å². The van der Waals surface area contributed by atoms with Gasteiger partial charge in [0.15, 0.2) is 0 Å². The summed E-state index contributed by atoms with van der Waals surface area (Å²) in [6, 6.07) is 10.1. The monoisotopic (exact) mass is 583 g/mol. The molecule has 0 amide bonds. The van der Waals surface area contributed by atoms with Crippen molar-refractivity contribution in [1.82, 2.24) is 20.1 Å². The van der Waals surface area contributed by atoms with E-state index in [1.165, 1.54) is 10.5 Å². The average Bonchev–Trinajstić information content (AvgIpc) is 3.43. The van der Waals surface area contributed by atoms with Crippen molar-refractivity contribution < 1.29 is 26.0 Å². The van der Waals surface area contributed by atoms with Crippen LogP contribution in [0.1, 0.15) is 56.5 Å². The topological polar surface area (TPSA) is 92.4 Å². The van der Waals surface area contributed by atoms with Gasteiger partial charge in [-0.25, -0.2) is 12.8 Å². The maximum Gasteiger partial charge on any atom is 0.314 e. The van der Waals surface area contributed by atoms with Crippen molar-refractivity contribution in [3.63, 3.8) is 0 Å². The van der Waals surface area contributed by atoms with Crippen LogP contribution in [-0.2, 0) is 16.6 Å². The van der Waals surface area contributed by atoms with Gasteiger partial charge in [-0.1, -0.05) is 17.7 Å². The molecule has 210 valence electrons. The molecule has 13 heteroatoms. The Bertz CT molecular complexity index is 1360. The van der Waals surface area contributed by atoms with Crippen molar-refractivity contribution in [2.45, 2.75) is 69.0 Å². The summed E-state index contributed by atoms with van der Waals surface area (Å²) in [6.45, 7) is 1.25. The Kier molecular flexibility index (Phi) is 8.43. The van der Waals surface area contributed by atoms with Gasteiger partial charge in [0.1, 0.15) is 6.17 Å². The SMILES string of the molecule is O=S(=O)(C1CCN([C@H]2CC[C@@H](F)CC2)CC1)N(Cc1ccc(-c2nnc(C(F)F)o2)cn1)c1cccc(Cl)c1. The molecule has 1 saturated heterocycles. The number of anilines is 1. The van der Waals surface area contributed by atoms with Gasteiger partial charge in [-0.2, -0.15) is 8.78 Å². The molecule has 3 heterocycles. The maximum absolute atomic E-state index is 14.0. The second kappa shape index (κ2) is 11.8. The highest BCUT2D eigenvalue weighted by Crippen LogP contribution is 2.32. The van der Waals surface area contributed by atoms with Gasteiger partial charge >= 0.3 is 6.43 Å². The van der Waals surface area contributed by atoms with Gasteiger partial charge in [0, 0.05) is 17.3 Å². The van der Waals surface area contributed by atoms with Crippen LogP contribution >= 0.6 is 11.6 Å². The Labute approximate surface area is 230 Å². The van der Waals surface area contributed by atoms with Gasteiger partial charge in [-0.15, -0.1) is 10.2 Å². The number of aromatic nitrogens is 3. The van der Waals surface area contributed by atoms with Crippen molar-refractivity contribution in [3.8, 4) is 11.5 Å². The Hall–Kier alpha value is -2.70. The molecular formula is C26H29ClF3N5O3S. The van der Waals surface area contributed by atoms with Crippen molar-refractivity contribution >= 4 is 27.3 Å². The molecule has 1 aromatic carbocycles.